The summed E-state index contributed by atoms with van der Waals surface area (Å²) in [5.41, 5.74) is 3.79. The van der Waals surface area contributed by atoms with E-state index in [4.69, 9.17) is 0 Å². The third-order valence-corrected chi connectivity index (χ3v) is 3.27. The number of carbonyl (C=O) groups is 1. The molecule has 1 atom stereocenters. The number of aryl methyl sites for hydroxylation is 1. The van der Waals surface area contributed by atoms with Crippen molar-refractivity contribution in [1.29, 1.82) is 0 Å². The molecular weight excluding hydrogens is 236 g/mol. The quantitative estimate of drug-likeness (QED) is 0.491. The zero-order chi connectivity index (χ0) is 13.3. The minimum atomic E-state index is -0.0218. The van der Waals surface area contributed by atoms with Crippen LogP contribution >= 0.6 is 0 Å². The number of hydrogen-bond acceptors (Lipinski definition) is 2. The SMILES string of the molecule is O=C(CCc1ccccc1)N/N=C\[C@H]1CC=CCC1. The Labute approximate surface area is 114 Å². The highest BCUT2D eigenvalue weighted by Crippen LogP contribution is 2.15. The monoisotopic (exact) mass is 256 g/mol. The van der Waals surface area contributed by atoms with E-state index in [0.717, 1.165) is 25.7 Å². The maximum absolute atomic E-state index is 11.6. The summed E-state index contributed by atoms with van der Waals surface area (Å²) < 4.78 is 0. The van der Waals surface area contributed by atoms with Crippen molar-refractivity contribution in [2.75, 3.05) is 0 Å². The summed E-state index contributed by atoms with van der Waals surface area (Å²) in [6.07, 6.45) is 10.7. The number of benzene rings is 1. The van der Waals surface area contributed by atoms with E-state index in [1.807, 2.05) is 36.5 Å². The van der Waals surface area contributed by atoms with Crippen LogP contribution in [0.5, 0.6) is 0 Å². The lowest BCUT2D eigenvalue weighted by molar-refractivity contribution is -0.121. The van der Waals surface area contributed by atoms with Gasteiger partial charge in [0, 0.05) is 12.6 Å². The summed E-state index contributed by atoms with van der Waals surface area (Å²) in [6.45, 7) is 0. The van der Waals surface area contributed by atoms with Crippen LogP contribution in [0.3, 0.4) is 0 Å². The molecule has 3 nitrogen and oxygen atoms in total. The van der Waals surface area contributed by atoms with E-state index in [9.17, 15) is 4.79 Å². The summed E-state index contributed by atoms with van der Waals surface area (Å²) in [5.74, 6) is 0.450. The van der Waals surface area contributed by atoms with Crippen LogP contribution in [0, 0.1) is 5.92 Å². The van der Waals surface area contributed by atoms with Crippen LogP contribution in [0.1, 0.15) is 31.2 Å². The van der Waals surface area contributed by atoms with Gasteiger partial charge >= 0.3 is 0 Å². The Bertz CT molecular complexity index is 451. The molecule has 0 aromatic heterocycles. The molecule has 1 aliphatic rings. The molecule has 0 radical (unpaired) electrons. The van der Waals surface area contributed by atoms with Crippen molar-refractivity contribution in [2.45, 2.75) is 32.1 Å². The number of carbonyl (C=O) groups excluding carboxylic acids is 1. The van der Waals surface area contributed by atoms with Gasteiger partial charge in [0.25, 0.3) is 0 Å². The van der Waals surface area contributed by atoms with Crippen LogP contribution in [0.2, 0.25) is 0 Å². The number of rotatable bonds is 5. The second kappa shape index (κ2) is 7.52. The van der Waals surface area contributed by atoms with E-state index in [-0.39, 0.29) is 5.91 Å². The van der Waals surface area contributed by atoms with Crippen LogP contribution < -0.4 is 5.43 Å². The largest absolute Gasteiger partial charge is 0.273 e. The van der Waals surface area contributed by atoms with Crippen molar-refractivity contribution >= 4 is 12.1 Å². The fourth-order valence-electron chi connectivity index (χ4n) is 2.13. The van der Waals surface area contributed by atoms with Gasteiger partial charge in [-0.1, -0.05) is 42.5 Å². The Balaban J connectivity index is 1.67. The molecule has 2 rings (SSSR count). The predicted octanol–water partition coefficient (Wildman–Crippen LogP) is 3.08. The van der Waals surface area contributed by atoms with Crippen molar-refractivity contribution in [2.24, 2.45) is 11.0 Å². The highest BCUT2D eigenvalue weighted by Gasteiger charge is 2.06. The van der Waals surface area contributed by atoms with Crippen LogP contribution in [-0.2, 0) is 11.2 Å². The van der Waals surface area contributed by atoms with E-state index in [1.54, 1.807) is 0 Å². The topological polar surface area (TPSA) is 41.5 Å². The molecule has 0 aliphatic heterocycles. The van der Waals surface area contributed by atoms with Crippen molar-refractivity contribution in [3.63, 3.8) is 0 Å². The zero-order valence-electron chi connectivity index (χ0n) is 11.1. The van der Waals surface area contributed by atoms with Gasteiger partial charge in [-0.15, -0.1) is 0 Å². The first-order chi connectivity index (χ1) is 9.34. The molecule has 1 N–H and O–H groups in total. The van der Waals surface area contributed by atoms with Crippen molar-refractivity contribution in [1.82, 2.24) is 5.43 Å². The highest BCUT2D eigenvalue weighted by molar-refractivity contribution is 5.77. The fourth-order valence-corrected chi connectivity index (χ4v) is 2.13. The molecule has 0 spiro atoms. The number of hydrazone groups is 1. The normalized spacial score (nSPS) is 18.6. The summed E-state index contributed by atoms with van der Waals surface area (Å²) in [6, 6.07) is 10.0. The van der Waals surface area contributed by atoms with E-state index in [0.29, 0.717) is 12.3 Å². The lowest BCUT2D eigenvalue weighted by Crippen LogP contribution is -2.19. The molecule has 1 aromatic rings. The Morgan fingerprint density at radius 3 is 2.89 bits per heavy atom. The first kappa shape index (κ1) is 13.5. The molecule has 0 unspecified atom stereocenters. The molecule has 1 amide bonds. The molecule has 100 valence electrons. The molecule has 0 bridgehead atoms. The Kier molecular flexibility index (Phi) is 5.35. The second-order valence-corrected chi connectivity index (χ2v) is 4.84. The molecule has 0 heterocycles. The van der Waals surface area contributed by atoms with Crippen molar-refractivity contribution in [3.8, 4) is 0 Å². The van der Waals surface area contributed by atoms with Crippen molar-refractivity contribution in [3.05, 3.63) is 48.0 Å². The molecule has 0 saturated carbocycles. The third kappa shape index (κ3) is 5.08. The van der Waals surface area contributed by atoms with Crippen LogP contribution in [0.4, 0.5) is 0 Å². The molecule has 1 aromatic carbocycles. The van der Waals surface area contributed by atoms with Gasteiger partial charge in [-0.3, -0.25) is 4.79 Å². The predicted molar refractivity (Wildman–Crippen MR) is 77.9 cm³/mol. The van der Waals surface area contributed by atoms with Crippen LogP contribution in [0.15, 0.2) is 47.6 Å². The Hall–Kier alpha value is -1.90. The molecule has 19 heavy (non-hydrogen) atoms. The summed E-state index contributed by atoms with van der Waals surface area (Å²) in [5, 5.41) is 4.05. The molecular formula is C16H20N2O. The van der Waals surface area contributed by atoms with Gasteiger partial charge in [-0.05, 0) is 37.2 Å². The van der Waals surface area contributed by atoms with Gasteiger partial charge in [0.05, 0.1) is 0 Å². The standard InChI is InChI=1S/C16H20N2O/c19-16(12-11-14-7-3-1-4-8-14)18-17-13-15-9-5-2-6-10-15/h1-5,7-8,13,15H,6,9-12H2,(H,18,19)/b17-13-/t15-/m0/s1. The first-order valence-corrected chi connectivity index (χ1v) is 6.85. The van der Waals surface area contributed by atoms with Gasteiger partial charge in [-0.2, -0.15) is 5.10 Å². The summed E-state index contributed by atoms with van der Waals surface area (Å²) in [4.78, 5) is 11.6. The number of nitrogens with one attached hydrogen (secondary N) is 1. The summed E-state index contributed by atoms with van der Waals surface area (Å²) in [7, 11) is 0. The Morgan fingerprint density at radius 1 is 1.32 bits per heavy atom. The van der Waals surface area contributed by atoms with Gasteiger partial charge in [0.1, 0.15) is 0 Å². The number of hydrogen-bond donors (Lipinski definition) is 1. The lowest BCUT2D eigenvalue weighted by atomic mass is 9.96. The van der Waals surface area contributed by atoms with E-state index < -0.39 is 0 Å². The zero-order valence-corrected chi connectivity index (χ0v) is 11.1. The number of allylic oxidation sites excluding steroid dienone is 2. The first-order valence-electron chi connectivity index (χ1n) is 6.85. The minimum Gasteiger partial charge on any atom is -0.273 e. The van der Waals surface area contributed by atoms with Crippen LogP contribution in [0.25, 0.3) is 0 Å². The van der Waals surface area contributed by atoms with Gasteiger partial charge in [0.2, 0.25) is 5.91 Å². The molecule has 0 saturated heterocycles. The lowest BCUT2D eigenvalue weighted by Gasteiger charge is -2.11. The van der Waals surface area contributed by atoms with E-state index in [1.165, 1.54) is 5.56 Å². The van der Waals surface area contributed by atoms with Gasteiger partial charge in [-0.25, -0.2) is 5.43 Å². The third-order valence-electron chi connectivity index (χ3n) is 3.27. The van der Waals surface area contributed by atoms with E-state index >= 15 is 0 Å². The summed E-state index contributed by atoms with van der Waals surface area (Å²) >= 11 is 0. The van der Waals surface area contributed by atoms with Crippen LogP contribution in [-0.4, -0.2) is 12.1 Å². The number of nitrogens with zero attached hydrogens (tertiary/aromatic N) is 1. The molecule has 1 aliphatic carbocycles. The van der Waals surface area contributed by atoms with Crippen molar-refractivity contribution < 1.29 is 4.79 Å². The number of amides is 1. The minimum absolute atomic E-state index is 0.0218. The maximum atomic E-state index is 11.6. The second-order valence-electron chi connectivity index (χ2n) is 4.84. The van der Waals surface area contributed by atoms with Gasteiger partial charge in [0.15, 0.2) is 0 Å². The Morgan fingerprint density at radius 2 is 2.16 bits per heavy atom. The van der Waals surface area contributed by atoms with E-state index in [2.05, 4.69) is 22.7 Å². The smallest absolute Gasteiger partial charge is 0.240 e. The average molecular weight is 256 g/mol. The average Bonchev–Trinajstić information content (AvgIpc) is 2.47. The fraction of sp³-hybridized carbons (Fsp3) is 0.375. The molecule has 3 heteroatoms. The highest BCUT2D eigenvalue weighted by atomic mass is 16.2. The molecule has 0 fully saturated rings. The van der Waals surface area contributed by atoms with Gasteiger partial charge < -0.3 is 0 Å². The maximum Gasteiger partial charge on any atom is 0.240 e.